The van der Waals surface area contributed by atoms with E-state index in [1.807, 2.05) is 0 Å². The van der Waals surface area contributed by atoms with Crippen LogP contribution in [0.3, 0.4) is 0 Å². The molecule has 1 aromatic carbocycles. The zero-order chi connectivity index (χ0) is 14.8. The molecule has 0 spiro atoms. The molecule has 1 aliphatic carbocycles. The number of nitrogens with one attached hydrogen (secondary N) is 1. The SMILES string of the molecule is NS(=O)(=O)c1ccccc1NCC1(C(=O)O)CCCC1. The van der Waals surface area contributed by atoms with Crippen molar-refractivity contribution >= 4 is 21.7 Å². The fourth-order valence-electron chi connectivity index (χ4n) is 2.64. The first-order valence-electron chi connectivity index (χ1n) is 6.44. The first kappa shape index (κ1) is 14.8. The number of carbonyl (C=O) groups is 1. The molecule has 0 heterocycles. The van der Waals surface area contributed by atoms with Gasteiger partial charge in [0.1, 0.15) is 4.90 Å². The Balaban J connectivity index is 2.21. The predicted molar refractivity (Wildman–Crippen MR) is 74.8 cm³/mol. The van der Waals surface area contributed by atoms with Gasteiger partial charge in [-0.3, -0.25) is 4.79 Å². The number of rotatable bonds is 5. The number of sulfonamides is 1. The Labute approximate surface area is 118 Å². The fraction of sp³-hybridized carbons (Fsp3) is 0.462. The maximum Gasteiger partial charge on any atom is 0.311 e. The minimum atomic E-state index is -3.83. The lowest BCUT2D eigenvalue weighted by Crippen LogP contribution is -2.35. The van der Waals surface area contributed by atoms with Crippen molar-refractivity contribution < 1.29 is 18.3 Å². The largest absolute Gasteiger partial charge is 0.481 e. The van der Waals surface area contributed by atoms with E-state index in [4.69, 9.17) is 5.14 Å². The second-order valence-electron chi connectivity index (χ2n) is 5.19. The van der Waals surface area contributed by atoms with Crippen LogP contribution in [0, 0.1) is 5.41 Å². The molecule has 2 rings (SSSR count). The monoisotopic (exact) mass is 298 g/mol. The van der Waals surface area contributed by atoms with Crippen LogP contribution in [0.25, 0.3) is 0 Å². The Morgan fingerprint density at radius 1 is 1.30 bits per heavy atom. The van der Waals surface area contributed by atoms with Gasteiger partial charge >= 0.3 is 5.97 Å². The summed E-state index contributed by atoms with van der Waals surface area (Å²) < 4.78 is 23.0. The van der Waals surface area contributed by atoms with Gasteiger partial charge in [0.25, 0.3) is 0 Å². The van der Waals surface area contributed by atoms with Crippen molar-refractivity contribution in [1.82, 2.24) is 0 Å². The normalized spacial score (nSPS) is 17.9. The van der Waals surface area contributed by atoms with Gasteiger partial charge in [-0.05, 0) is 25.0 Å². The van der Waals surface area contributed by atoms with E-state index in [-0.39, 0.29) is 11.4 Å². The summed E-state index contributed by atoms with van der Waals surface area (Å²) in [7, 11) is -3.83. The summed E-state index contributed by atoms with van der Waals surface area (Å²) in [5, 5.41) is 17.5. The van der Waals surface area contributed by atoms with Crippen LogP contribution in [0.2, 0.25) is 0 Å². The molecule has 6 nitrogen and oxygen atoms in total. The molecule has 0 aromatic heterocycles. The van der Waals surface area contributed by atoms with Crippen LogP contribution in [0.4, 0.5) is 5.69 Å². The van der Waals surface area contributed by atoms with Crippen molar-refractivity contribution in [1.29, 1.82) is 0 Å². The highest BCUT2D eigenvalue weighted by Crippen LogP contribution is 2.38. The van der Waals surface area contributed by atoms with E-state index in [2.05, 4.69) is 5.32 Å². The van der Waals surface area contributed by atoms with Gasteiger partial charge in [0, 0.05) is 6.54 Å². The zero-order valence-corrected chi connectivity index (χ0v) is 11.8. The molecular formula is C13H18N2O4S. The number of nitrogens with two attached hydrogens (primary N) is 1. The van der Waals surface area contributed by atoms with E-state index >= 15 is 0 Å². The van der Waals surface area contributed by atoms with Gasteiger partial charge in [-0.2, -0.15) is 0 Å². The minimum absolute atomic E-state index is 0.0152. The number of carboxylic acids is 1. The van der Waals surface area contributed by atoms with Crippen LogP contribution in [0.15, 0.2) is 29.2 Å². The topological polar surface area (TPSA) is 109 Å². The van der Waals surface area contributed by atoms with Crippen LogP contribution < -0.4 is 10.5 Å². The number of anilines is 1. The van der Waals surface area contributed by atoms with Gasteiger partial charge < -0.3 is 10.4 Å². The average Bonchev–Trinajstić information content (AvgIpc) is 2.86. The Hall–Kier alpha value is -1.60. The number of benzene rings is 1. The van der Waals surface area contributed by atoms with Crippen molar-refractivity contribution in [3.05, 3.63) is 24.3 Å². The standard InChI is InChI=1S/C13H18N2O4S/c14-20(18,19)11-6-2-1-5-10(11)15-9-13(12(16)17)7-3-4-8-13/h1-2,5-6,15H,3-4,7-9H2,(H,16,17)(H2,14,18,19). The number of primary sulfonamides is 1. The maximum atomic E-state index is 11.5. The van der Waals surface area contributed by atoms with Crippen LogP contribution in [-0.2, 0) is 14.8 Å². The van der Waals surface area contributed by atoms with Crippen molar-refractivity contribution in [2.45, 2.75) is 30.6 Å². The second kappa shape index (κ2) is 5.41. The van der Waals surface area contributed by atoms with Gasteiger partial charge in [-0.15, -0.1) is 0 Å². The number of aliphatic carboxylic acids is 1. The van der Waals surface area contributed by atoms with E-state index in [9.17, 15) is 18.3 Å². The zero-order valence-electron chi connectivity index (χ0n) is 11.0. The summed E-state index contributed by atoms with van der Waals surface area (Å²) in [6.45, 7) is 0.203. The highest BCUT2D eigenvalue weighted by Gasteiger charge is 2.41. The smallest absolute Gasteiger partial charge is 0.311 e. The van der Waals surface area contributed by atoms with Crippen LogP contribution in [0.1, 0.15) is 25.7 Å². The molecule has 0 radical (unpaired) electrons. The summed E-state index contributed by atoms with van der Waals surface area (Å²) >= 11 is 0. The van der Waals surface area contributed by atoms with E-state index < -0.39 is 21.4 Å². The summed E-state index contributed by atoms with van der Waals surface area (Å²) in [5.41, 5.74) is -0.464. The molecule has 4 N–H and O–H groups in total. The molecule has 1 aromatic rings. The second-order valence-corrected chi connectivity index (χ2v) is 6.72. The van der Waals surface area contributed by atoms with Crippen molar-refractivity contribution in [2.75, 3.05) is 11.9 Å². The third kappa shape index (κ3) is 2.94. The molecule has 0 aliphatic heterocycles. The first-order valence-corrected chi connectivity index (χ1v) is 7.99. The van der Waals surface area contributed by atoms with Crippen LogP contribution in [0.5, 0.6) is 0 Å². The summed E-state index contributed by atoms with van der Waals surface area (Å²) in [4.78, 5) is 11.4. The van der Waals surface area contributed by atoms with Gasteiger partial charge in [0.15, 0.2) is 0 Å². The lowest BCUT2D eigenvalue weighted by atomic mass is 9.86. The molecule has 20 heavy (non-hydrogen) atoms. The molecule has 1 saturated carbocycles. The number of para-hydroxylation sites is 1. The number of hydrogen-bond donors (Lipinski definition) is 3. The summed E-state index contributed by atoms with van der Waals surface area (Å²) in [6, 6.07) is 6.25. The minimum Gasteiger partial charge on any atom is -0.481 e. The predicted octanol–water partition coefficient (Wildman–Crippen LogP) is 1.39. The Bertz CT molecular complexity index is 607. The Kier molecular flexibility index (Phi) is 4.01. The fourth-order valence-corrected chi connectivity index (χ4v) is 3.36. The lowest BCUT2D eigenvalue weighted by Gasteiger charge is -2.25. The molecule has 0 unspecified atom stereocenters. The average molecular weight is 298 g/mol. The van der Waals surface area contributed by atoms with E-state index in [0.29, 0.717) is 18.5 Å². The van der Waals surface area contributed by atoms with Gasteiger partial charge in [0.2, 0.25) is 10.0 Å². The van der Waals surface area contributed by atoms with Crippen LogP contribution in [-0.4, -0.2) is 26.0 Å². The third-order valence-electron chi connectivity index (χ3n) is 3.83. The van der Waals surface area contributed by atoms with E-state index in [1.165, 1.54) is 6.07 Å². The van der Waals surface area contributed by atoms with Crippen molar-refractivity contribution in [2.24, 2.45) is 10.6 Å². The quantitative estimate of drug-likeness (QED) is 0.761. The molecule has 0 saturated heterocycles. The third-order valence-corrected chi connectivity index (χ3v) is 4.79. The lowest BCUT2D eigenvalue weighted by molar-refractivity contribution is -0.147. The van der Waals surface area contributed by atoms with Crippen LogP contribution >= 0.6 is 0 Å². The molecular weight excluding hydrogens is 280 g/mol. The van der Waals surface area contributed by atoms with E-state index in [0.717, 1.165) is 12.8 Å². The Morgan fingerprint density at radius 2 is 1.90 bits per heavy atom. The molecule has 0 amide bonds. The number of hydrogen-bond acceptors (Lipinski definition) is 4. The van der Waals surface area contributed by atoms with Crippen molar-refractivity contribution in [3.8, 4) is 0 Å². The van der Waals surface area contributed by atoms with Crippen molar-refractivity contribution in [3.63, 3.8) is 0 Å². The summed E-state index contributed by atoms with van der Waals surface area (Å²) in [6.07, 6.45) is 2.97. The highest BCUT2D eigenvalue weighted by atomic mass is 32.2. The van der Waals surface area contributed by atoms with Gasteiger partial charge in [-0.1, -0.05) is 25.0 Å². The molecule has 7 heteroatoms. The molecule has 0 bridgehead atoms. The Morgan fingerprint density at radius 3 is 2.45 bits per heavy atom. The van der Waals surface area contributed by atoms with E-state index in [1.54, 1.807) is 18.2 Å². The molecule has 0 atom stereocenters. The first-order chi connectivity index (χ1) is 9.35. The van der Waals surface area contributed by atoms with Gasteiger partial charge in [-0.25, -0.2) is 13.6 Å². The molecule has 1 fully saturated rings. The van der Waals surface area contributed by atoms with Gasteiger partial charge in [0.05, 0.1) is 11.1 Å². The summed E-state index contributed by atoms with van der Waals surface area (Å²) in [5.74, 6) is -0.837. The number of carboxylic acid groups (broad SMARTS) is 1. The molecule has 110 valence electrons. The maximum absolute atomic E-state index is 11.5. The molecule has 1 aliphatic rings. The highest BCUT2D eigenvalue weighted by molar-refractivity contribution is 7.89.